The van der Waals surface area contributed by atoms with E-state index >= 15 is 0 Å². The average molecular weight is 1380 g/mol. The molecule has 0 rings (SSSR count). The number of hydrogen-bond donors (Lipinski definition) is 3. The Hall–Kier alpha value is -1.94. The highest BCUT2D eigenvalue weighted by Crippen LogP contribution is 2.45. The van der Waals surface area contributed by atoms with Gasteiger partial charge in [-0.3, -0.25) is 37.3 Å². The Morgan fingerprint density at radius 1 is 0.298 bits per heavy atom. The van der Waals surface area contributed by atoms with E-state index in [9.17, 15) is 43.2 Å². The van der Waals surface area contributed by atoms with E-state index in [1.807, 2.05) is 0 Å². The van der Waals surface area contributed by atoms with E-state index in [0.717, 1.165) is 114 Å². The van der Waals surface area contributed by atoms with Gasteiger partial charge in [0.1, 0.15) is 19.3 Å². The van der Waals surface area contributed by atoms with Crippen LogP contribution in [-0.2, 0) is 65.4 Å². The molecule has 0 aromatic heterocycles. The van der Waals surface area contributed by atoms with Crippen molar-refractivity contribution in [3.8, 4) is 0 Å². The zero-order chi connectivity index (χ0) is 69.6. The van der Waals surface area contributed by atoms with Crippen molar-refractivity contribution in [1.82, 2.24) is 0 Å². The van der Waals surface area contributed by atoms with Crippen LogP contribution >= 0.6 is 15.6 Å². The zero-order valence-corrected chi connectivity index (χ0v) is 63.4. The molecular formula is C75H146O17P2. The second-order valence-electron chi connectivity index (χ2n) is 28.7. The largest absolute Gasteiger partial charge is 0.472 e. The van der Waals surface area contributed by atoms with Crippen molar-refractivity contribution in [3.05, 3.63) is 0 Å². The molecule has 0 aromatic rings. The van der Waals surface area contributed by atoms with Crippen LogP contribution in [0.3, 0.4) is 0 Å². The third-order valence-corrected chi connectivity index (χ3v) is 19.6. The Kier molecular flexibility index (Phi) is 63.1. The predicted molar refractivity (Wildman–Crippen MR) is 381 cm³/mol. The Labute approximate surface area is 575 Å². The lowest BCUT2D eigenvalue weighted by molar-refractivity contribution is -0.161. The lowest BCUT2D eigenvalue weighted by Crippen LogP contribution is -2.30. The highest BCUT2D eigenvalue weighted by Gasteiger charge is 2.30. The van der Waals surface area contributed by atoms with E-state index in [1.54, 1.807) is 0 Å². The molecule has 0 spiro atoms. The Morgan fingerprint density at radius 3 is 0.755 bits per heavy atom. The molecule has 17 nitrogen and oxygen atoms in total. The second kappa shape index (κ2) is 64.4. The van der Waals surface area contributed by atoms with Gasteiger partial charge >= 0.3 is 39.5 Å². The van der Waals surface area contributed by atoms with Crippen molar-refractivity contribution in [1.29, 1.82) is 0 Å². The summed E-state index contributed by atoms with van der Waals surface area (Å²) in [5.41, 5.74) is 0. The lowest BCUT2D eigenvalue weighted by Gasteiger charge is -2.21. The number of phosphoric ester groups is 2. The van der Waals surface area contributed by atoms with Crippen LogP contribution in [-0.4, -0.2) is 96.7 Å². The van der Waals surface area contributed by atoms with Crippen LogP contribution in [0.2, 0.25) is 0 Å². The van der Waals surface area contributed by atoms with Crippen LogP contribution in [0.4, 0.5) is 0 Å². The van der Waals surface area contributed by atoms with E-state index in [2.05, 4.69) is 55.4 Å². The maximum absolute atomic E-state index is 13.1. The Morgan fingerprint density at radius 2 is 0.511 bits per heavy atom. The van der Waals surface area contributed by atoms with Crippen molar-refractivity contribution in [2.24, 2.45) is 23.7 Å². The summed E-state index contributed by atoms with van der Waals surface area (Å²) in [5, 5.41) is 10.6. The number of phosphoric acid groups is 2. The predicted octanol–water partition coefficient (Wildman–Crippen LogP) is 21.7. The third-order valence-electron chi connectivity index (χ3n) is 17.7. The topological polar surface area (TPSA) is 237 Å². The Balaban J connectivity index is 5.23. The van der Waals surface area contributed by atoms with E-state index in [-0.39, 0.29) is 25.7 Å². The fourth-order valence-electron chi connectivity index (χ4n) is 11.3. The highest BCUT2D eigenvalue weighted by atomic mass is 31.2. The number of hydrogen-bond acceptors (Lipinski definition) is 15. The van der Waals surface area contributed by atoms with Gasteiger partial charge in [0.15, 0.2) is 12.2 Å². The summed E-state index contributed by atoms with van der Waals surface area (Å²) in [7, 11) is -9.91. The third kappa shape index (κ3) is 67.3. The first-order valence-electron chi connectivity index (χ1n) is 38.7. The van der Waals surface area contributed by atoms with E-state index in [1.165, 1.54) is 173 Å². The minimum absolute atomic E-state index is 0.103. The Bertz CT molecular complexity index is 1850. The number of unbranched alkanes of at least 4 members (excludes halogenated alkanes) is 37. The summed E-state index contributed by atoms with van der Waals surface area (Å²) in [6.45, 7) is 14.2. The van der Waals surface area contributed by atoms with Crippen LogP contribution in [0.25, 0.3) is 0 Å². The average Bonchev–Trinajstić information content (AvgIpc) is 2.27. The molecule has 0 saturated carbocycles. The maximum atomic E-state index is 13.1. The minimum atomic E-state index is -4.96. The quantitative estimate of drug-likeness (QED) is 0.0222. The molecule has 0 radical (unpaired) electrons. The number of carbonyl (C=O) groups is 4. The van der Waals surface area contributed by atoms with E-state index < -0.39 is 97.5 Å². The molecule has 0 fully saturated rings. The highest BCUT2D eigenvalue weighted by molar-refractivity contribution is 7.47. The molecule has 0 aliphatic carbocycles. The summed E-state index contributed by atoms with van der Waals surface area (Å²) in [6, 6.07) is 0. The number of ether oxygens (including phenoxy) is 4. The molecule has 94 heavy (non-hydrogen) atoms. The number of rotatable bonds is 72. The van der Waals surface area contributed by atoms with Gasteiger partial charge in [-0.1, -0.05) is 325 Å². The summed E-state index contributed by atoms with van der Waals surface area (Å²) in [4.78, 5) is 72.7. The summed E-state index contributed by atoms with van der Waals surface area (Å²) < 4.78 is 68.5. The van der Waals surface area contributed by atoms with Crippen LogP contribution in [0.15, 0.2) is 0 Å². The van der Waals surface area contributed by atoms with Gasteiger partial charge in [0, 0.05) is 25.7 Å². The van der Waals surface area contributed by atoms with Crippen LogP contribution in [0, 0.1) is 23.7 Å². The number of aliphatic hydroxyl groups is 1. The van der Waals surface area contributed by atoms with Gasteiger partial charge in [-0.05, 0) is 49.4 Å². The second-order valence-corrected chi connectivity index (χ2v) is 31.6. The molecule has 558 valence electrons. The van der Waals surface area contributed by atoms with Crippen molar-refractivity contribution in [3.63, 3.8) is 0 Å². The number of carbonyl (C=O) groups excluding carboxylic acids is 4. The number of aliphatic hydroxyl groups excluding tert-OH is 1. The van der Waals surface area contributed by atoms with Gasteiger partial charge in [-0.15, -0.1) is 0 Å². The molecular weight excluding hydrogens is 1230 g/mol. The van der Waals surface area contributed by atoms with E-state index in [0.29, 0.717) is 31.6 Å². The maximum Gasteiger partial charge on any atom is 0.472 e. The van der Waals surface area contributed by atoms with Crippen molar-refractivity contribution < 1.29 is 80.2 Å². The van der Waals surface area contributed by atoms with Crippen molar-refractivity contribution in [2.45, 2.75) is 395 Å². The molecule has 0 aromatic carbocycles. The van der Waals surface area contributed by atoms with E-state index in [4.69, 9.17) is 37.0 Å². The van der Waals surface area contributed by atoms with Crippen molar-refractivity contribution >= 4 is 39.5 Å². The molecule has 6 atom stereocenters. The number of esters is 4. The van der Waals surface area contributed by atoms with Gasteiger partial charge in [0.25, 0.3) is 0 Å². The monoisotopic (exact) mass is 1380 g/mol. The molecule has 0 aliphatic rings. The summed E-state index contributed by atoms with van der Waals surface area (Å²) in [6.07, 6.45) is 48.6. The summed E-state index contributed by atoms with van der Waals surface area (Å²) >= 11 is 0. The smallest absolute Gasteiger partial charge is 0.462 e. The van der Waals surface area contributed by atoms with Gasteiger partial charge in [0.05, 0.1) is 26.4 Å². The zero-order valence-electron chi connectivity index (χ0n) is 61.6. The molecule has 0 aliphatic heterocycles. The van der Waals surface area contributed by atoms with Gasteiger partial charge in [0.2, 0.25) is 0 Å². The lowest BCUT2D eigenvalue weighted by atomic mass is 9.99. The standard InChI is InChI=1S/C75H146O17P2/c1-9-68(8)54-46-38-30-21-17-12-10-11-13-18-22-31-39-47-55-72(77)85-61-70(91-74(79)57-49-41-32-23-19-15-14-16-20-27-35-43-51-65(2)3)63-89-93(81,82)87-59-69(76)60-88-94(83,84)90-64-71(62-86-73(78)56-48-40-34-26-29-37-45-53-67(6)7)92-75(80)58-50-42-33-25-24-28-36-44-52-66(4)5/h65-71,76H,9-64H2,1-8H3,(H,81,82)(H,83,84)/t68?,69?,70-,71-/m1/s1. The fourth-order valence-corrected chi connectivity index (χ4v) is 12.9. The molecule has 0 saturated heterocycles. The first-order valence-corrected chi connectivity index (χ1v) is 41.7. The van der Waals surface area contributed by atoms with Crippen LogP contribution in [0.5, 0.6) is 0 Å². The normalized spacial score (nSPS) is 14.4. The van der Waals surface area contributed by atoms with Gasteiger partial charge < -0.3 is 33.8 Å². The van der Waals surface area contributed by atoms with Gasteiger partial charge in [-0.25, -0.2) is 9.13 Å². The first kappa shape index (κ1) is 92.1. The molecule has 0 amide bonds. The molecule has 0 heterocycles. The van der Waals surface area contributed by atoms with Crippen LogP contribution in [0.1, 0.15) is 376 Å². The molecule has 19 heteroatoms. The summed E-state index contributed by atoms with van der Waals surface area (Å²) in [5.74, 6) is 0.926. The first-order chi connectivity index (χ1) is 45.1. The van der Waals surface area contributed by atoms with Crippen molar-refractivity contribution in [2.75, 3.05) is 39.6 Å². The fraction of sp³-hybridized carbons (Fsp3) is 0.947. The minimum Gasteiger partial charge on any atom is -0.462 e. The van der Waals surface area contributed by atoms with Gasteiger partial charge in [-0.2, -0.15) is 0 Å². The van der Waals surface area contributed by atoms with Crippen LogP contribution < -0.4 is 0 Å². The SMILES string of the molecule is CCC(C)CCCCCCCCCCCCCCCCC(=O)OC[C@H](COP(=O)(O)OCC(O)COP(=O)(O)OC[C@@H](COC(=O)CCCCCCCCCC(C)C)OC(=O)CCCCCCCCCCC(C)C)OC(=O)CCCCCCCCCCCCCCC(C)C. The molecule has 4 unspecified atom stereocenters. The molecule has 0 bridgehead atoms. The molecule has 3 N–H and O–H groups in total.